The van der Waals surface area contributed by atoms with E-state index >= 15 is 0 Å². The Labute approximate surface area is 194 Å². The topological polar surface area (TPSA) is 9.23 Å². The van der Waals surface area contributed by atoms with Crippen LogP contribution in [0.5, 0.6) is 0 Å². The summed E-state index contributed by atoms with van der Waals surface area (Å²) in [4.78, 5) is 0. The summed E-state index contributed by atoms with van der Waals surface area (Å²) < 4.78 is 6.25. The molecular weight excluding hydrogens is 376 g/mol. The molecule has 4 aliphatic carbocycles. The molecule has 8 atom stereocenters. The lowest BCUT2D eigenvalue weighted by atomic mass is 9.47. The Hall–Kier alpha value is -0.300. The van der Waals surface area contributed by atoms with E-state index in [1.165, 1.54) is 70.6 Å². The molecule has 0 spiro atoms. The highest BCUT2D eigenvalue weighted by atomic mass is 16.5. The third kappa shape index (κ3) is 4.43. The first-order chi connectivity index (χ1) is 14.6. The van der Waals surface area contributed by atoms with Gasteiger partial charge in [0.1, 0.15) is 0 Å². The molecule has 0 aliphatic heterocycles. The first-order valence-electron chi connectivity index (χ1n) is 14.0. The van der Waals surface area contributed by atoms with Gasteiger partial charge in [-0.05, 0) is 112 Å². The number of allylic oxidation sites excluding steroid dienone is 1. The van der Waals surface area contributed by atoms with Crippen LogP contribution in [0.15, 0.2) is 11.6 Å². The molecule has 0 amide bonds. The van der Waals surface area contributed by atoms with E-state index in [9.17, 15) is 0 Å². The van der Waals surface area contributed by atoms with Crippen LogP contribution in [0.4, 0.5) is 0 Å². The molecule has 0 aromatic rings. The van der Waals surface area contributed by atoms with Gasteiger partial charge >= 0.3 is 0 Å². The Bertz CT molecular complexity index is 647. The van der Waals surface area contributed by atoms with Gasteiger partial charge in [0.15, 0.2) is 0 Å². The molecule has 3 saturated carbocycles. The standard InChI is InChI=1S/C30H52O/c1-20(2)9-8-10-22(5)26-13-14-27-25-12-11-23-19-24(31-21(3)4)15-17-29(23,6)28(25)16-18-30(26,27)7/h11,20-22,24-28H,8-10,12-19H2,1-7H3/t22-,24?,25+,26-,27?,28?,29+,30-/m1/s1. The van der Waals surface area contributed by atoms with Crippen LogP contribution in [0, 0.1) is 46.3 Å². The Kier molecular flexibility index (Phi) is 7.04. The SMILES string of the molecule is CC(C)CCC[C@@H](C)[C@H]1CCC2[C@@H]3CC=C4CC(OC(C)C)CC[C@]4(C)C3CC[C@@]21C. The van der Waals surface area contributed by atoms with E-state index in [0.29, 0.717) is 23.0 Å². The molecule has 1 nitrogen and oxygen atoms in total. The van der Waals surface area contributed by atoms with Gasteiger partial charge in [0, 0.05) is 0 Å². The zero-order valence-electron chi connectivity index (χ0n) is 21.9. The second-order valence-electron chi connectivity index (χ2n) is 13.3. The molecule has 31 heavy (non-hydrogen) atoms. The normalized spacial score (nSPS) is 43.4. The lowest BCUT2D eigenvalue weighted by Gasteiger charge is -2.58. The van der Waals surface area contributed by atoms with Gasteiger partial charge in [0.05, 0.1) is 12.2 Å². The van der Waals surface area contributed by atoms with Gasteiger partial charge in [0.25, 0.3) is 0 Å². The zero-order valence-corrected chi connectivity index (χ0v) is 21.9. The molecule has 4 aliphatic rings. The second-order valence-corrected chi connectivity index (χ2v) is 13.3. The predicted octanol–water partition coefficient (Wildman–Crippen LogP) is 8.82. The van der Waals surface area contributed by atoms with E-state index in [2.05, 4.69) is 54.5 Å². The van der Waals surface area contributed by atoms with Crippen LogP contribution in [0.3, 0.4) is 0 Å². The Morgan fingerprint density at radius 3 is 2.42 bits per heavy atom. The predicted molar refractivity (Wildman–Crippen MR) is 133 cm³/mol. The van der Waals surface area contributed by atoms with E-state index in [-0.39, 0.29) is 0 Å². The van der Waals surface area contributed by atoms with Gasteiger partial charge in [-0.2, -0.15) is 0 Å². The van der Waals surface area contributed by atoms with E-state index in [1.807, 2.05) is 0 Å². The summed E-state index contributed by atoms with van der Waals surface area (Å²) in [7, 11) is 0. The lowest BCUT2D eigenvalue weighted by Crippen LogP contribution is -2.51. The summed E-state index contributed by atoms with van der Waals surface area (Å²) in [6.45, 7) is 17.1. The van der Waals surface area contributed by atoms with Gasteiger partial charge in [-0.1, -0.05) is 65.5 Å². The van der Waals surface area contributed by atoms with Crippen LogP contribution >= 0.6 is 0 Å². The molecule has 3 unspecified atom stereocenters. The van der Waals surface area contributed by atoms with Crippen molar-refractivity contribution in [3.8, 4) is 0 Å². The summed E-state index contributed by atoms with van der Waals surface area (Å²) in [5, 5.41) is 0. The van der Waals surface area contributed by atoms with Gasteiger partial charge in [-0.25, -0.2) is 0 Å². The number of hydrogen-bond acceptors (Lipinski definition) is 1. The van der Waals surface area contributed by atoms with Crippen molar-refractivity contribution in [1.82, 2.24) is 0 Å². The van der Waals surface area contributed by atoms with Gasteiger partial charge < -0.3 is 4.74 Å². The first-order valence-corrected chi connectivity index (χ1v) is 14.0. The minimum absolute atomic E-state index is 0.361. The van der Waals surface area contributed by atoms with E-state index in [0.717, 1.165) is 35.5 Å². The molecule has 0 radical (unpaired) electrons. The molecule has 0 bridgehead atoms. The smallest absolute Gasteiger partial charge is 0.0616 e. The first kappa shape index (κ1) is 23.8. The minimum atomic E-state index is 0.361. The lowest BCUT2D eigenvalue weighted by molar-refractivity contribution is -0.0707. The van der Waals surface area contributed by atoms with Gasteiger partial charge in [-0.3, -0.25) is 0 Å². The number of fused-ring (bicyclic) bond motifs is 5. The monoisotopic (exact) mass is 428 g/mol. The summed E-state index contributed by atoms with van der Waals surface area (Å²) in [6.07, 6.45) is 19.0. The average Bonchev–Trinajstić information content (AvgIpc) is 3.05. The highest BCUT2D eigenvalue weighted by Crippen LogP contribution is 2.67. The van der Waals surface area contributed by atoms with E-state index in [4.69, 9.17) is 4.74 Å². The summed E-state index contributed by atoms with van der Waals surface area (Å²) >= 11 is 0. The fourth-order valence-corrected chi connectivity index (χ4v) is 9.15. The average molecular weight is 429 g/mol. The van der Waals surface area contributed by atoms with Crippen LogP contribution in [0.1, 0.15) is 119 Å². The maximum absolute atomic E-state index is 6.25. The minimum Gasteiger partial charge on any atom is -0.375 e. The number of hydrogen-bond donors (Lipinski definition) is 0. The Balaban J connectivity index is 1.46. The van der Waals surface area contributed by atoms with Crippen molar-refractivity contribution >= 4 is 0 Å². The van der Waals surface area contributed by atoms with Crippen LogP contribution in [0.25, 0.3) is 0 Å². The molecule has 0 aromatic carbocycles. The van der Waals surface area contributed by atoms with Crippen molar-refractivity contribution in [2.75, 3.05) is 0 Å². The van der Waals surface area contributed by atoms with Crippen molar-refractivity contribution in [2.45, 2.75) is 131 Å². The third-order valence-electron chi connectivity index (χ3n) is 10.7. The highest BCUT2D eigenvalue weighted by Gasteiger charge is 2.59. The molecule has 178 valence electrons. The molecule has 0 N–H and O–H groups in total. The molecule has 1 heteroatoms. The van der Waals surface area contributed by atoms with E-state index < -0.39 is 0 Å². The van der Waals surface area contributed by atoms with Crippen LogP contribution in [0.2, 0.25) is 0 Å². The number of rotatable bonds is 7. The van der Waals surface area contributed by atoms with Crippen molar-refractivity contribution in [3.05, 3.63) is 11.6 Å². The molecular formula is C30H52O. The summed E-state index contributed by atoms with van der Waals surface area (Å²) in [6, 6.07) is 0. The molecule has 0 aromatic heterocycles. The Morgan fingerprint density at radius 2 is 1.71 bits per heavy atom. The molecule has 0 heterocycles. The maximum atomic E-state index is 6.25. The summed E-state index contributed by atoms with van der Waals surface area (Å²) in [5.41, 5.74) is 2.84. The van der Waals surface area contributed by atoms with Crippen LogP contribution in [-0.4, -0.2) is 12.2 Å². The van der Waals surface area contributed by atoms with Crippen molar-refractivity contribution in [2.24, 2.45) is 46.3 Å². The molecule has 4 rings (SSSR count). The van der Waals surface area contributed by atoms with Gasteiger partial charge in [-0.15, -0.1) is 0 Å². The fraction of sp³-hybridized carbons (Fsp3) is 0.933. The van der Waals surface area contributed by atoms with Crippen molar-refractivity contribution in [1.29, 1.82) is 0 Å². The highest BCUT2D eigenvalue weighted by molar-refractivity contribution is 5.25. The largest absolute Gasteiger partial charge is 0.375 e. The zero-order chi connectivity index (χ0) is 22.4. The fourth-order valence-electron chi connectivity index (χ4n) is 9.15. The number of ether oxygens (including phenoxy) is 1. The van der Waals surface area contributed by atoms with E-state index in [1.54, 1.807) is 5.57 Å². The van der Waals surface area contributed by atoms with Crippen LogP contribution in [-0.2, 0) is 4.74 Å². The molecule has 0 saturated heterocycles. The van der Waals surface area contributed by atoms with Crippen LogP contribution < -0.4 is 0 Å². The van der Waals surface area contributed by atoms with Crippen molar-refractivity contribution < 1.29 is 4.74 Å². The Morgan fingerprint density at radius 1 is 0.935 bits per heavy atom. The quantitative estimate of drug-likeness (QED) is 0.368. The maximum Gasteiger partial charge on any atom is 0.0616 e. The third-order valence-corrected chi connectivity index (χ3v) is 10.7. The summed E-state index contributed by atoms with van der Waals surface area (Å²) in [5.74, 6) is 5.60. The molecule has 3 fully saturated rings. The second kappa shape index (κ2) is 9.15. The van der Waals surface area contributed by atoms with Gasteiger partial charge in [0.2, 0.25) is 0 Å². The van der Waals surface area contributed by atoms with Crippen molar-refractivity contribution in [3.63, 3.8) is 0 Å².